The Morgan fingerprint density at radius 3 is 1.71 bits per heavy atom. The van der Waals surface area contributed by atoms with Crippen molar-refractivity contribution in [3.05, 3.63) is 40.9 Å². The van der Waals surface area contributed by atoms with Gasteiger partial charge in [-0.2, -0.15) is 0 Å². The number of ether oxygens (including phenoxy) is 6. The molecule has 0 aromatic heterocycles. The molecule has 2 heterocycles. The van der Waals surface area contributed by atoms with Crippen LogP contribution in [0.25, 0.3) is 0 Å². The van der Waals surface area contributed by atoms with Gasteiger partial charge in [0.2, 0.25) is 0 Å². The maximum atomic E-state index is 12.3. The molecule has 2 saturated heterocycles. The number of nitrogens with zero attached hydrogens (tertiary/aromatic N) is 3. The molecule has 2 aliphatic rings. The summed E-state index contributed by atoms with van der Waals surface area (Å²) in [5.41, 5.74) is 0.156. The van der Waals surface area contributed by atoms with Crippen LogP contribution in [0.3, 0.4) is 0 Å². The molecule has 4 rings (SSSR count). The number of anilines is 1. The molecule has 49 heavy (non-hydrogen) atoms. The van der Waals surface area contributed by atoms with Crippen LogP contribution in [0.15, 0.2) is 40.9 Å². The van der Waals surface area contributed by atoms with Gasteiger partial charge in [-0.1, -0.05) is 0 Å². The number of rotatable bonds is 5. The Balaban J connectivity index is 0.000000282. The van der Waals surface area contributed by atoms with Gasteiger partial charge < -0.3 is 48.4 Å². The van der Waals surface area contributed by atoms with Crippen LogP contribution in [0.5, 0.6) is 23.0 Å². The van der Waals surface area contributed by atoms with Gasteiger partial charge in [-0.15, -0.1) is 0 Å². The molecule has 0 bridgehead atoms. The molecule has 1 N–H and O–H groups in total. The third-order valence-corrected chi connectivity index (χ3v) is 7.88. The third-order valence-electron chi connectivity index (χ3n) is 7.23. The minimum atomic E-state index is -0.470. The van der Waals surface area contributed by atoms with E-state index in [2.05, 4.69) is 26.1 Å². The predicted molar refractivity (Wildman–Crippen MR) is 197 cm³/mol. The lowest BCUT2D eigenvalue weighted by Gasteiger charge is -2.27. The summed E-state index contributed by atoms with van der Waals surface area (Å²) in [5.74, 6) is 3.12. The fourth-order valence-corrected chi connectivity index (χ4v) is 5.24. The van der Waals surface area contributed by atoms with Gasteiger partial charge in [-0.3, -0.25) is 0 Å². The van der Waals surface area contributed by atoms with Crippen molar-refractivity contribution in [2.45, 2.75) is 65.6 Å². The van der Waals surface area contributed by atoms with Gasteiger partial charge in [-0.25, -0.2) is 9.59 Å². The number of methoxy groups -OCH3 is 4. The lowest BCUT2D eigenvalue weighted by molar-refractivity contribution is 0.0252. The number of carbonyl (C=O) groups excluding carboxylic acids is 2. The number of hydrogen-bond acceptors (Lipinski definition) is 10. The monoisotopic (exact) mass is 752 g/mol. The molecule has 13 heteroatoms. The van der Waals surface area contributed by atoms with E-state index >= 15 is 0 Å². The largest absolute Gasteiger partial charge is 0.497 e. The summed E-state index contributed by atoms with van der Waals surface area (Å²) in [6.07, 6.45) is 1.44. The molecule has 0 spiro atoms. The number of nitrogens with one attached hydrogen (secondary N) is 1. The van der Waals surface area contributed by atoms with Gasteiger partial charge in [0, 0.05) is 57.9 Å². The zero-order valence-electron chi connectivity index (χ0n) is 31.0. The summed E-state index contributed by atoms with van der Waals surface area (Å²) >= 11 is 3.34. The molecule has 0 aliphatic carbocycles. The smallest absolute Gasteiger partial charge is 0.410 e. The fraction of sp³-hybridized carbons (Fsp3) is 0.611. The maximum Gasteiger partial charge on any atom is 0.410 e. The molecule has 0 atom stereocenters. The van der Waals surface area contributed by atoms with E-state index in [4.69, 9.17) is 28.4 Å². The van der Waals surface area contributed by atoms with Crippen molar-refractivity contribution < 1.29 is 38.0 Å². The van der Waals surface area contributed by atoms with Crippen LogP contribution in [-0.4, -0.2) is 114 Å². The zero-order chi connectivity index (χ0) is 36.6. The first-order valence-electron chi connectivity index (χ1n) is 16.6. The first kappa shape index (κ1) is 41.6. The van der Waals surface area contributed by atoms with Gasteiger partial charge in [0.05, 0.1) is 38.6 Å². The molecule has 12 nitrogen and oxygen atoms in total. The fourth-order valence-electron chi connectivity index (χ4n) is 4.84. The van der Waals surface area contributed by atoms with Crippen LogP contribution in [-0.2, 0) is 9.47 Å². The molecule has 0 saturated carbocycles. The van der Waals surface area contributed by atoms with E-state index in [0.717, 1.165) is 85.3 Å². The van der Waals surface area contributed by atoms with Crippen molar-refractivity contribution in [1.29, 1.82) is 0 Å². The summed E-state index contributed by atoms with van der Waals surface area (Å²) in [5, 5.41) is 3.25. The van der Waals surface area contributed by atoms with Crippen molar-refractivity contribution in [3.8, 4) is 23.0 Å². The van der Waals surface area contributed by atoms with Gasteiger partial charge in [-0.05, 0) is 101 Å². The molecule has 2 aliphatic heterocycles. The van der Waals surface area contributed by atoms with Crippen LogP contribution in [0.1, 0.15) is 54.4 Å². The van der Waals surface area contributed by atoms with E-state index < -0.39 is 11.2 Å². The summed E-state index contributed by atoms with van der Waals surface area (Å²) in [4.78, 5) is 29.7. The van der Waals surface area contributed by atoms with Crippen molar-refractivity contribution in [1.82, 2.24) is 15.1 Å². The van der Waals surface area contributed by atoms with Crippen LogP contribution in [0.2, 0.25) is 0 Å². The van der Waals surface area contributed by atoms with E-state index in [1.54, 1.807) is 38.2 Å². The normalized spacial score (nSPS) is 15.2. The van der Waals surface area contributed by atoms with Crippen molar-refractivity contribution in [3.63, 3.8) is 0 Å². The number of amides is 2. The van der Waals surface area contributed by atoms with E-state index in [1.165, 1.54) is 0 Å². The Kier molecular flexibility index (Phi) is 17.1. The van der Waals surface area contributed by atoms with E-state index in [0.29, 0.717) is 13.1 Å². The molecule has 0 unspecified atom stereocenters. The first-order valence-corrected chi connectivity index (χ1v) is 17.4. The topological polar surface area (TPSA) is 111 Å². The summed E-state index contributed by atoms with van der Waals surface area (Å²) in [7, 11) is 6.55. The van der Waals surface area contributed by atoms with Gasteiger partial charge >= 0.3 is 12.2 Å². The molecule has 276 valence electrons. The van der Waals surface area contributed by atoms with Gasteiger partial charge in [0.15, 0.2) is 0 Å². The maximum absolute atomic E-state index is 12.3. The van der Waals surface area contributed by atoms with Gasteiger partial charge in [0.1, 0.15) is 34.2 Å². The highest BCUT2D eigenvalue weighted by molar-refractivity contribution is 9.10. The Morgan fingerprint density at radius 2 is 1.16 bits per heavy atom. The Bertz CT molecular complexity index is 1310. The third kappa shape index (κ3) is 15.2. The second-order valence-corrected chi connectivity index (χ2v) is 14.3. The summed E-state index contributed by atoms with van der Waals surface area (Å²) < 4.78 is 32.5. The van der Waals surface area contributed by atoms with Crippen molar-refractivity contribution in [2.75, 3.05) is 85.7 Å². The Labute approximate surface area is 301 Å². The standard InChI is InChI=1S/C18H28N2O4.C10H20N2O2.C8H9BrO2/c1-18(2,3)24-17(21)20-10-6-9-19(11-12-20)15-8-7-14(22-4)13-16(15)23-5;1-10(2,3)14-9(13)12-7-4-5-11-6-8-12;1-10-6-3-4-7(9)8(5-6)11-2/h7-8,13H,6,9-12H2,1-5H3;11H,4-8H2,1-3H3;3-5H,1-2H3. The molecule has 2 amide bonds. The van der Waals surface area contributed by atoms with E-state index in [-0.39, 0.29) is 12.2 Å². The Morgan fingerprint density at radius 1 is 0.633 bits per heavy atom. The average molecular weight is 754 g/mol. The van der Waals surface area contributed by atoms with E-state index in [9.17, 15) is 9.59 Å². The minimum Gasteiger partial charge on any atom is -0.497 e. The van der Waals surface area contributed by atoms with E-state index in [1.807, 2.05) is 77.9 Å². The Hall–Kier alpha value is -3.58. The number of benzene rings is 2. The first-order chi connectivity index (χ1) is 23.1. The molecule has 2 fully saturated rings. The van der Waals surface area contributed by atoms with Crippen LogP contribution < -0.4 is 29.2 Å². The zero-order valence-corrected chi connectivity index (χ0v) is 32.6. The minimum absolute atomic E-state index is 0.193. The second kappa shape index (κ2) is 20.2. The highest BCUT2D eigenvalue weighted by Gasteiger charge is 2.26. The number of hydrogen-bond donors (Lipinski definition) is 1. The average Bonchev–Trinajstić information content (AvgIpc) is 3.48. The SMILES string of the molecule is CC(C)(C)OC(=O)N1CCCNCC1.COc1ccc(Br)c(OC)c1.COc1ccc(N2CCCN(C(=O)OC(C)(C)C)CC2)c(OC)c1. The lowest BCUT2D eigenvalue weighted by Crippen LogP contribution is -2.39. The highest BCUT2D eigenvalue weighted by atomic mass is 79.9. The molecular formula is C36H57BrN4O8. The second-order valence-electron chi connectivity index (χ2n) is 13.4. The predicted octanol–water partition coefficient (Wildman–Crippen LogP) is 6.83. The van der Waals surface area contributed by atoms with Crippen LogP contribution in [0, 0.1) is 0 Å². The highest BCUT2D eigenvalue weighted by Crippen LogP contribution is 2.33. The number of halogens is 1. The van der Waals surface area contributed by atoms with Gasteiger partial charge in [0.25, 0.3) is 0 Å². The molecule has 0 radical (unpaired) electrons. The summed E-state index contributed by atoms with van der Waals surface area (Å²) in [6.45, 7) is 17.6. The van der Waals surface area contributed by atoms with Crippen LogP contribution in [0.4, 0.5) is 15.3 Å². The lowest BCUT2D eigenvalue weighted by atomic mass is 10.2. The number of carbonyl (C=O) groups is 2. The quantitative estimate of drug-likeness (QED) is 0.349. The van der Waals surface area contributed by atoms with Crippen molar-refractivity contribution >= 4 is 33.8 Å². The van der Waals surface area contributed by atoms with Crippen LogP contribution >= 0.6 is 15.9 Å². The molecule has 2 aromatic rings. The molecular weight excluding hydrogens is 696 g/mol. The summed E-state index contributed by atoms with van der Waals surface area (Å²) in [6, 6.07) is 11.4. The van der Waals surface area contributed by atoms with Crippen molar-refractivity contribution in [2.24, 2.45) is 0 Å². The molecule has 2 aromatic carbocycles.